The Kier molecular flexibility index (Phi) is 6.70. The highest BCUT2D eigenvalue weighted by molar-refractivity contribution is 7.10. The minimum absolute atomic E-state index is 0.0165. The summed E-state index contributed by atoms with van der Waals surface area (Å²) in [7, 11) is 0. The van der Waals surface area contributed by atoms with E-state index in [4.69, 9.17) is 9.47 Å². The Balaban J connectivity index is 1.40. The summed E-state index contributed by atoms with van der Waals surface area (Å²) in [6.07, 6.45) is 0.315. The lowest BCUT2D eigenvalue weighted by molar-refractivity contribution is -0.121. The number of nitrogens with zero attached hydrogens (tertiary/aromatic N) is 1. The Morgan fingerprint density at radius 1 is 1.15 bits per heavy atom. The van der Waals surface area contributed by atoms with Gasteiger partial charge in [0, 0.05) is 10.6 Å². The number of carbonyl (C=O) groups excluding carboxylic acids is 2. The lowest BCUT2D eigenvalue weighted by Gasteiger charge is -2.29. The highest BCUT2D eigenvalue weighted by Gasteiger charge is 2.26. The standard InChI is InChI=1S/C26H28N2O4S/c1-26(2,3)18-6-9-20(10-7-18)31-13-12-28-22-15-19(8-11-23(22)32-17-25(28)30)27-24(29)16-21-5-4-14-33-21/h4-11,14-15H,12-13,16-17H2,1-3H3,(H,27,29). The quantitative estimate of drug-likeness (QED) is 0.532. The van der Waals surface area contributed by atoms with Gasteiger partial charge in [0.15, 0.2) is 6.61 Å². The van der Waals surface area contributed by atoms with Gasteiger partial charge >= 0.3 is 0 Å². The van der Waals surface area contributed by atoms with Gasteiger partial charge in [0.2, 0.25) is 5.91 Å². The average molecular weight is 465 g/mol. The van der Waals surface area contributed by atoms with Crippen LogP contribution in [-0.4, -0.2) is 31.6 Å². The summed E-state index contributed by atoms with van der Waals surface area (Å²) in [4.78, 5) is 27.6. The number of amides is 2. The fourth-order valence-electron chi connectivity index (χ4n) is 3.61. The monoisotopic (exact) mass is 464 g/mol. The van der Waals surface area contributed by atoms with Gasteiger partial charge in [-0.05, 0) is 52.8 Å². The van der Waals surface area contributed by atoms with Crippen LogP contribution in [0.3, 0.4) is 0 Å². The van der Waals surface area contributed by atoms with Crippen molar-refractivity contribution >= 4 is 34.5 Å². The number of hydrogen-bond donors (Lipinski definition) is 1. The van der Waals surface area contributed by atoms with E-state index in [1.165, 1.54) is 5.56 Å². The SMILES string of the molecule is CC(C)(C)c1ccc(OCCN2C(=O)COc3ccc(NC(=O)Cc4cccs4)cc32)cc1. The number of anilines is 2. The summed E-state index contributed by atoms with van der Waals surface area (Å²) in [5.74, 6) is 1.13. The molecular formula is C26H28N2O4S. The molecule has 1 aromatic heterocycles. The van der Waals surface area contributed by atoms with E-state index in [0.717, 1.165) is 10.6 Å². The van der Waals surface area contributed by atoms with E-state index in [1.54, 1.807) is 34.4 Å². The van der Waals surface area contributed by atoms with Gasteiger partial charge in [-0.3, -0.25) is 9.59 Å². The van der Waals surface area contributed by atoms with Crippen LogP contribution >= 0.6 is 11.3 Å². The molecule has 0 bridgehead atoms. The molecule has 2 amide bonds. The Labute approximate surface area is 198 Å². The molecule has 33 heavy (non-hydrogen) atoms. The molecule has 3 aromatic rings. The normalized spacial score (nSPS) is 13.3. The predicted molar refractivity (Wildman–Crippen MR) is 132 cm³/mol. The average Bonchev–Trinajstić information content (AvgIpc) is 3.28. The van der Waals surface area contributed by atoms with Crippen LogP contribution in [0.25, 0.3) is 0 Å². The van der Waals surface area contributed by atoms with Crippen LogP contribution in [0.2, 0.25) is 0 Å². The molecule has 1 aliphatic rings. The summed E-state index contributed by atoms with van der Waals surface area (Å²) < 4.78 is 11.5. The molecule has 1 N–H and O–H groups in total. The molecule has 0 unspecified atom stereocenters. The first-order valence-electron chi connectivity index (χ1n) is 10.9. The fraction of sp³-hybridized carbons (Fsp3) is 0.308. The van der Waals surface area contributed by atoms with Crippen LogP contribution in [0, 0.1) is 0 Å². The van der Waals surface area contributed by atoms with Gasteiger partial charge in [0.25, 0.3) is 5.91 Å². The highest BCUT2D eigenvalue weighted by Crippen LogP contribution is 2.34. The first-order valence-corrected chi connectivity index (χ1v) is 11.8. The van der Waals surface area contributed by atoms with Crippen molar-refractivity contribution in [2.24, 2.45) is 0 Å². The maximum absolute atomic E-state index is 12.6. The van der Waals surface area contributed by atoms with E-state index in [2.05, 4.69) is 38.2 Å². The van der Waals surface area contributed by atoms with Crippen molar-refractivity contribution in [3.8, 4) is 11.5 Å². The van der Waals surface area contributed by atoms with Gasteiger partial charge in [-0.15, -0.1) is 11.3 Å². The molecule has 0 fully saturated rings. The van der Waals surface area contributed by atoms with E-state index in [-0.39, 0.29) is 23.8 Å². The van der Waals surface area contributed by atoms with E-state index >= 15 is 0 Å². The van der Waals surface area contributed by atoms with Crippen LogP contribution in [0.1, 0.15) is 31.2 Å². The Morgan fingerprint density at radius 2 is 1.94 bits per heavy atom. The number of nitrogens with one attached hydrogen (secondary N) is 1. The molecule has 1 aliphatic heterocycles. The smallest absolute Gasteiger partial charge is 0.265 e. The highest BCUT2D eigenvalue weighted by atomic mass is 32.1. The second kappa shape index (κ2) is 9.67. The zero-order valence-corrected chi connectivity index (χ0v) is 19.9. The van der Waals surface area contributed by atoms with Crippen molar-refractivity contribution in [2.45, 2.75) is 32.6 Å². The third-order valence-corrected chi connectivity index (χ3v) is 6.28. The lowest BCUT2D eigenvalue weighted by Crippen LogP contribution is -2.41. The molecule has 6 nitrogen and oxygen atoms in total. The molecule has 0 atom stereocenters. The van der Waals surface area contributed by atoms with Crippen LogP contribution in [0.4, 0.5) is 11.4 Å². The summed E-state index contributed by atoms with van der Waals surface area (Å²) in [5, 5.41) is 4.86. The third kappa shape index (κ3) is 5.73. The minimum Gasteiger partial charge on any atom is -0.492 e. The molecule has 4 rings (SSSR count). The maximum Gasteiger partial charge on any atom is 0.265 e. The molecule has 7 heteroatoms. The van der Waals surface area contributed by atoms with Crippen LogP contribution in [0.5, 0.6) is 11.5 Å². The van der Waals surface area contributed by atoms with E-state index < -0.39 is 0 Å². The van der Waals surface area contributed by atoms with Crippen LogP contribution < -0.4 is 19.7 Å². The largest absolute Gasteiger partial charge is 0.492 e. The molecule has 2 aromatic carbocycles. The first-order chi connectivity index (χ1) is 15.8. The number of rotatable bonds is 7. The summed E-state index contributed by atoms with van der Waals surface area (Å²) in [6, 6.07) is 17.2. The van der Waals surface area contributed by atoms with Gasteiger partial charge in [-0.1, -0.05) is 39.0 Å². The molecule has 0 saturated heterocycles. The summed E-state index contributed by atoms with van der Waals surface area (Å²) >= 11 is 1.55. The maximum atomic E-state index is 12.6. The number of benzene rings is 2. The molecule has 0 saturated carbocycles. The predicted octanol–water partition coefficient (Wildman–Crippen LogP) is 5.03. The molecule has 0 radical (unpaired) electrons. The molecule has 0 aliphatic carbocycles. The van der Waals surface area contributed by atoms with Crippen molar-refractivity contribution < 1.29 is 19.1 Å². The molecule has 2 heterocycles. The third-order valence-electron chi connectivity index (χ3n) is 5.40. The summed E-state index contributed by atoms with van der Waals surface area (Å²) in [6.45, 7) is 7.21. The van der Waals surface area contributed by atoms with Crippen LogP contribution in [-0.2, 0) is 21.4 Å². The fourth-order valence-corrected chi connectivity index (χ4v) is 4.31. The molecule has 0 spiro atoms. The van der Waals surface area contributed by atoms with Gasteiger partial charge in [0.05, 0.1) is 18.7 Å². The van der Waals surface area contributed by atoms with E-state index in [0.29, 0.717) is 36.7 Å². The number of hydrogen-bond acceptors (Lipinski definition) is 5. The zero-order valence-electron chi connectivity index (χ0n) is 19.1. The lowest BCUT2D eigenvalue weighted by atomic mass is 9.87. The number of fused-ring (bicyclic) bond motifs is 1. The Morgan fingerprint density at radius 3 is 2.64 bits per heavy atom. The van der Waals surface area contributed by atoms with Gasteiger partial charge in [-0.2, -0.15) is 0 Å². The van der Waals surface area contributed by atoms with Crippen molar-refractivity contribution in [2.75, 3.05) is 30.0 Å². The second-order valence-corrected chi connectivity index (χ2v) is 9.98. The van der Waals surface area contributed by atoms with Crippen LogP contribution in [0.15, 0.2) is 60.0 Å². The Bertz CT molecular complexity index is 1120. The van der Waals surface area contributed by atoms with Crippen molar-refractivity contribution in [1.29, 1.82) is 0 Å². The van der Waals surface area contributed by atoms with Crippen molar-refractivity contribution in [3.63, 3.8) is 0 Å². The van der Waals surface area contributed by atoms with E-state index in [9.17, 15) is 9.59 Å². The molecular weight excluding hydrogens is 436 g/mol. The number of thiophene rings is 1. The van der Waals surface area contributed by atoms with E-state index in [1.807, 2.05) is 29.6 Å². The van der Waals surface area contributed by atoms with Gasteiger partial charge in [-0.25, -0.2) is 0 Å². The second-order valence-electron chi connectivity index (χ2n) is 8.94. The van der Waals surface area contributed by atoms with Gasteiger partial charge in [0.1, 0.15) is 18.1 Å². The molecule has 172 valence electrons. The summed E-state index contributed by atoms with van der Waals surface area (Å²) in [5.41, 5.74) is 2.57. The number of ether oxygens (including phenoxy) is 2. The minimum atomic E-state index is -0.142. The number of carbonyl (C=O) groups is 2. The topological polar surface area (TPSA) is 67.9 Å². The first kappa shape index (κ1) is 22.9. The zero-order chi connectivity index (χ0) is 23.4. The van der Waals surface area contributed by atoms with Gasteiger partial charge < -0.3 is 19.7 Å². The van der Waals surface area contributed by atoms with Crippen molar-refractivity contribution in [3.05, 3.63) is 70.4 Å². The van der Waals surface area contributed by atoms with Crippen molar-refractivity contribution in [1.82, 2.24) is 0 Å². The Hall–Kier alpha value is -3.32.